The minimum Gasteiger partial charge on any atom is -0.496 e. The molecular formula is C16H17FO3. The van der Waals surface area contributed by atoms with Crippen LogP contribution in [0.5, 0.6) is 11.5 Å². The van der Waals surface area contributed by atoms with E-state index in [1.54, 1.807) is 6.07 Å². The summed E-state index contributed by atoms with van der Waals surface area (Å²) in [6.07, 6.45) is 0.192. The molecule has 0 aromatic heterocycles. The minimum absolute atomic E-state index is 0.143. The Bertz CT molecular complexity index is 555. The Hall–Kier alpha value is -2.07. The maximum atomic E-state index is 14.3. The maximum absolute atomic E-state index is 14.3. The van der Waals surface area contributed by atoms with Crippen LogP contribution in [0, 0.1) is 5.82 Å². The van der Waals surface area contributed by atoms with Crippen molar-refractivity contribution in [1.29, 1.82) is 0 Å². The highest BCUT2D eigenvalue weighted by Crippen LogP contribution is 2.29. The summed E-state index contributed by atoms with van der Waals surface area (Å²) < 4.78 is 24.9. The molecule has 0 aliphatic heterocycles. The highest BCUT2D eigenvalue weighted by molar-refractivity contribution is 5.42. The minimum atomic E-state index is -0.477. The summed E-state index contributed by atoms with van der Waals surface area (Å²) in [6, 6.07) is 12.7. The summed E-state index contributed by atoms with van der Waals surface area (Å²) in [6.45, 7) is 0.151. The van der Waals surface area contributed by atoms with Crippen LogP contribution in [0.4, 0.5) is 4.39 Å². The van der Waals surface area contributed by atoms with Gasteiger partial charge in [-0.3, -0.25) is 0 Å². The standard InChI is InChI=1S/C16H17FO3/c1-19-14-7-8-15(16(17)13(14)9-10-18)20-11-12-5-3-2-4-6-12/h2-8,18H,9-11H2,1H3. The molecule has 0 fully saturated rings. The Kier molecular flexibility index (Phi) is 4.96. The van der Waals surface area contributed by atoms with Crippen LogP contribution in [0.3, 0.4) is 0 Å². The monoisotopic (exact) mass is 276 g/mol. The third-order valence-electron chi connectivity index (χ3n) is 2.98. The van der Waals surface area contributed by atoms with E-state index in [4.69, 9.17) is 14.6 Å². The van der Waals surface area contributed by atoms with Crippen LogP contribution in [0.2, 0.25) is 0 Å². The molecule has 1 N–H and O–H groups in total. The molecule has 0 saturated carbocycles. The van der Waals surface area contributed by atoms with Crippen LogP contribution in [0.15, 0.2) is 42.5 Å². The first-order chi connectivity index (χ1) is 9.76. The molecule has 0 radical (unpaired) electrons. The van der Waals surface area contributed by atoms with E-state index < -0.39 is 5.82 Å². The predicted molar refractivity (Wildman–Crippen MR) is 74.5 cm³/mol. The maximum Gasteiger partial charge on any atom is 0.172 e. The summed E-state index contributed by atoms with van der Waals surface area (Å²) in [5.41, 5.74) is 1.30. The van der Waals surface area contributed by atoms with Gasteiger partial charge in [-0.2, -0.15) is 0 Å². The lowest BCUT2D eigenvalue weighted by Gasteiger charge is -2.13. The van der Waals surface area contributed by atoms with E-state index in [-0.39, 0.29) is 18.8 Å². The van der Waals surface area contributed by atoms with Crippen molar-refractivity contribution < 1.29 is 19.0 Å². The van der Waals surface area contributed by atoms with Crippen LogP contribution in [0.25, 0.3) is 0 Å². The van der Waals surface area contributed by atoms with Crippen LogP contribution < -0.4 is 9.47 Å². The molecule has 4 heteroatoms. The summed E-state index contributed by atoms with van der Waals surface area (Å²) >= 11 is 0. The Labute approximate surface area is 117 Å². The third kappa shape index (κ3) is 3.27. The fraction of sp³-hybridized carbons (Fsp3) is 0.250. The van der Waals surface area contributed by atoms with E-state index in [9.17, 15) is 4.39 Å². The van der Waals surface area contributed by atoms with Crippen LogP contribution in [-0.4, -0.2) is 18.8 Å². The van der Waals surface area contributed by atoms with Crippen molar-refractivity contribution in [3.8, 4) is 11.5 Å². The van der Waals surface area contributed by atoms with Gasteiger partial charge in [-0.05, 0) is 17.7 Å². The second kappa shape index (κ2) is 6.91. The number of methoxy groups -OCH3 is 1. The van der Waals surface area contributed by atoms with Gasteiger partial charge in [-0.15, -0.1) is 0 Å². The summed E-state index contributed by atoms with van der Waals surface area (Å²) in [7, 11) is 1.47. The van der Waals surface area contributed by atoms with Gasteiger partial charge in [0.2, 0.25) is 0 Å². The normalized spacial score (nSPS) is 10.3. The second-order valence-electron chi connectivity index (χ2n) is 4.31. The highest BCUT2D eigenvalue weighted by Gasteiger charge is 2.14. The van der Waals surface area contributed by atoms with Crippen molar-refractivity contribution >= 4 is 0 Å². The first-order valence-corrected chi connectivity index (χ1v) is 6.39. The molecule has 0 spiro atoms. The van der Waals surface area contributed by atoms with E-state index in [0.717, 1.165) is 5.56 Å². The third-order valence-corrected chi connectivity index (χ3v) is 2.98. The Morgan fingerprint density at radius 3 is 2.40 bits per heavy atom. The number of halogens is 1. The summed E-state index contributed by atoms with van der Waals surface area (Å²) in [4.78, 5) is 0. The van der Waals surface area contributed by atoms with Gasteiger partial charge in [0.1, 0.15) is 12.4 Å². The van der Waals surface area contributed by atoms with Crippen molar-refractivity contribution in [2.24, 2.45) is 0 Å². The van der Waals surface area contributed by atoms with Crippen molar-refractivity contribution in [1.82, 2.24) is 0 Å². The number of ether oxygens (including phenoxy) is 2. The number of aliphatic hydroxyl groups excluding tert-OH is 1. The molecule has 2 aromatic rings. The molecule has 0 aliphatic carbocycles. The fourth-order valence-corrected chi connectivity index (χ4v) is 1.96. The number of rotatable bonds is 6. The van der Waals surface area contributed by atoms with Gasteiger partial charge in [-0.25, -0.2) is 4.39 Å². The zero-order chi connectivity index (χ0) is 14.4. The van der Waals surface area contributed by atoms with Crippen molar-refractivity contribution in [2.75, 3.05) is 13.7 Å². The molecule has 0 saturated heterocycles. The van der Waals surface area contributed by atoms with Gasteiger partial charge in [0.25, 0.3) is 0 Å². The average Bonchev–Trinajstić information content (AvgIpc) is 2.49. The highest BCUT2D eigenvalue weighted by atomic mass is 19.1. The predicted octanol–water partition coefficient (Wildman–Crippen LogP) is 2.95. The largest absolute Gasteiger partial charge is 0.496 e. The van der Waals surface area contributed by atoms with Gasteiger partial charge >= 0.3 is 0 Å². The lowest BCUT2D eigenvalue weighted by Crippen LogP contribution is -2.03. The zero-order valence-electron chi connectivity index (χ0n) is 11.3. The van der Waals surface area contributed by atoms with Gasteiger partial charge in [-0.1, -0.05) is 30.3 Å². The molecule has 2 rings (SSSR count). The lowest BCUT2D eigenvalue weighted by molar-refractivity contribution is 0.279. The Balaban J connectivity index is 2.18. The van der Waals surface area contributed by atoms with E-state index in [2.05, 4.69) is 0 Å². The van der Waals surface area contributed by atoms with E-state index in [1.165, 1.54) is 13.2 Å². The summed E-state index contributed by atoms with van der Waals surface area (Å²) in [5, 5.41) is 9.00. The number of hydrogen-bond donors (Lipinski definition) is 1. The van der Waals surface area contributed by atoms with Crippen LogP contribution in [0.1, 0.15) is 11.1 Å². The number of aliphatic hydroxyl groups is 1. The molecule has 0 heterocycles. The molecule has 2 aromatic carbocycles. The van der Waals surface area contributed by atoms with Gasteiger partial charge in [0.05, 0.1) is 7.11 Å². The average molecular weight is 276 g/mol. The van der Waals surface area contributed by atoms with Gasteiger partial charge in [0, 0.05) is 18.6 Å². The van der Waals surface area contributed by atoms with E-state index in [1.807, 2.05) is 30.3 Å². The smallest absolute Gasteiger partial charge is 0.172 e. The quantitative estimate of drug-likeness (QED) is 0.881. The number of benzene rings is 2. The second-order valence-corrected chi connectivity index (χ2v) is 4.31. The molecule has 106 valence electrons. The molecule has 0 aliphatic rings. The molecule has 3 nitrogen and oxygen atoms in total. The SMILES string of the molecule is COc1ccc(OCc2ccccc2)c(F)c1CCO. The molecule has 0 atom stereocenters. The molecular weight excluding hydrogens is 259 g/mol. The lowest BCUT2D eigenvalue weighted by atomic mass is 10.1. The molecule has 20 heavy (non-hydrogen) atoms. The van der Waals surface area contributed by atoms with Crippen molar-refractivity contribution in [3.63, 3.8) is 0 Å². The van der Waals surface area contributed by atoms with Gasteiger partial charge < -0.3 is 14.6 Å². The topological polar surface area (TPSA) is 38.7 Å². The Morgan fingerprint density at radius 2 is 1.75 bits per heavy atom. The zero-order valence-corrected chi connectivity index (χ0v) is 11.3. The first-order valence-electron chi connectivity index (χ1n) is 6.39. The molecule has 0 unspecified atom stereocenters. The van der Waals surface area contributed by atoms with E-state index >= 15 is 0 Å². The fourth-order valence-electron chi connectivity index (χ4n) is 1.96. The Morgan fingerprint density at radius 1 is 1.05 bits per heavy atom. The van der Waals surface area contributed by atoms with Crippen molar-refractivity contribution in [3.05, 3.63) is 59.4 Å². The molecule has 0 bridgehead atoms. The van der Waals surface area contributed by atoms with E-state index in [0.29, 0.717) is 17.9 Å². The van der Waals surface area contributed by atoms with Gasteiger partial charge in [0.15, 0.2) is 11.6 Å². The van der Waals surface area contributed by atoms with Crippen molar-refractivity contribution in [2.45, 2.75) is 13.0 Å². The first kappa shape index (κ1) is 14.3. The number of hydrogen-bond acceptors (Lipinski definition) is 3. The molecule has 0 amide bonds. The summed E-state index contributed by atoms with van der Waals surface area (Å²) in [5.74, 6) is 0.107. The van der Waals surface area contributed by atoms with Crippen LogP contribution >= 0.6 is 0 Å². The van der Waals surface area contributed by atoms with Crippen LogP contribution in [-0.2, 0) is 13.0 Å².